The van der Waals surface area contributed by atoms with Crippen molar-refractivity contribution in [3.05, 3.63) is 77.1 Å². The van der Waals surface area contributed by atoms with Crippen LogP contribution in [0.25, 0.3) is 31.8 Å². The van der Waals surface area contributed by atoms with Gasteiger partial charge in [0, 0.05) is 12.0 Å². The number of nitrogens with two attached hydrogens (primary N) is 1. The Morgan fingerprint density at radius 3 is 2.62 bits per heavy atom. The van der Waals surface area contributed by atoms with Gasteiger partial charge in [-0.2, -0.15) is 0 Å². The Kier molecular flexibility index (Phi) is 6.67. The molecule has 0 aliphatic heterocycles. The summed E-state index contributed by atoms with van der Waals surface area (Å²) in [6.07, 6.45) is 1.31. The van der Waals surface area contributed by atoms with Crippen molar-refractivity contribution in [2.75, 3.05) is 6.61 Å². The van der Waals surface area contributed by atoms with Gasteiger partial charge in [-0.05, 0) is 67.8 Å². The number of aryl methyl sites for hydroxylation is 2. The van der Waals surface area contributed by atoms with E-state index in [-0.39, 0.29) is 4.90 Å². The molecule has 1 atom stereocenters. The summed E-state index contributed by atoms with van der Waals surface area (Å²) in [5.74, 6) is 0.684. The molecular formula is C27H26N4O4S2. The second-order valence-corrected chi connectivity index (χ2v) is 11.6. The van der Waals surface area contributed by atoms with Crippen molar-refractivity contribution in [1.82, 2.24) is 15.0 Å². The van der Waals surface area contributed by atoms with E-state index in [0.29, 0.717) is 35.6 Å². The van der Waals surface area contributed by atoms with E-state index in [1.807, 2.05) is 38.1 Å². The Hall–Kier alpha value is -3.44. The number of ether oxygens (including phenoxy) is 1. The zero-order chi connectivity index (χ0) is 26.3. The van der Waals surface area contributed by atoms with Gasteiger partial charge in [0.05, 0.1) is 50.7 Å². The maximum Gasteiger partial charge on any atom is 0.238 e. The lowest BCUT2D eigenvalue weighted by Gasteiger charge is -2.10. The van der Waals surface area contributed by atoms with Crippen LogP contribution in [0.5, 0.6) is 5.75 Å². The molecule has 8 nitrogen and oxygen atoms in total. The summed E-state index contributed by atoms with van der Waals surface area (Å²) in [5, 5.41) is 16.1. The van der Waals surface area contributed by atoms with Gasteiger partial charge in [0.2, 0.25) is 10.0 Å². The lowest BCUT2D eigenvalue weighted by Crippen LogP contribution is -2.15. The summed E-state index contributed by atoms with van der Waals surface area (Å²) < 4.78 is 30.7. The molecule has 2 aromatic heterocycles. The van der Waals surface area contributed by atoms with Crippen molar-refractivity contribution in [2.45, 2.75) is 38.2 Å². The van der Waals surface area contributed by atoms with Crippen LogP contribution >= 0.6 is 11.3 Å². The van der Waals surface area contributed by atoms with Crippen LogP contribution in [0.3, 0.4) is 0 Å². The topological polar surface area (TPSA) is 128 Å². The standard InChI is InChI=1S/C27H26N4O4S2/c1-15-10-20(26-21(11-15)30-22(14-29-26)17(3)32)27-31-25-16(2)12-19(13-23(25)36-27)35-9-8-18-6-4-5-7-24(18)37(28,33)34/h4-7,10-14,17,32H,8-9H2,1-3H3,(H2,28,33,34). The fourth-order valence-corrected chi connectivity index (χ4v) is 6.17. The molecule has 0 aliphatic rings. The molecule has 3 aromatic carbocycles. The fourth-order valence-electron chi connectivity index (χ4n) is 4.27. The number of hydrogen-bond acceptors (Lipinski definition) is 8. The molecule has 2 heterocycles. The van der Waals surface area contributed by atoms with E-state index in [1.165, 1.54) is 6.07 Å². The third-order valence-corrected chi connectivity index (χ3v) is 8.09. The van der Waals surface area contributed by atoms with Crippen LogP contribution in [0.2, 0.25) is 0 Å². The minimum atomic E-state index is -3.80. The fraction of sp³-hybridized carbons (Fsp3) is 0.222. The molecule has 5 rings (SSSR count). The van der Waals surface area contributed by atoms with Crippen molar-refractivity contribution in [3.63, 3.8) is 0 Å². The predicted octanol–water partition coefficient (Wildman–Crippen LogP) is 4.85. The second kappa shape index (κ2) is 9.79. The van der Waals surface area contributed by atoms with Crippen molar-refractivity contribution >= 4 is 42.6 Å². The quantitative estimate of drug-likeness (QED) is 0.306. The zero-order valence-electron chi connectivity index (χ0n) is 20.6. The highest BCUT2D eigenvalue weighted by Gasteiger charge is 2.17. The maximum atomic E-state index is 11.9. The number of nitrogens with zero attached hydrogens (tertiary/aromatic N) is 3. The highest BCUT2D eigenvalue weighted by Crippen LogP contribution is 2.37. The molecule has 1 unspecified atom stereocenters. The van der Waals surface area contributed by atoms with Crippen molar-refractivity contribution < 1.29 is 18.3 Å². The van der Waals surface area contributed by atoms with Crippen LogP contribution in [-0.4, -0.2) is 35.1 Å². The van der Waals surface area contributed by atoms with Gasteiger partial charge in [-0.15, -0.1) is 11.3 Å². The largest absolute Gasteiger partial charge is 0.493 e. The summed E-state index contributed by atoms with van der Waals surface area (Å²) in [7, 11) is -3.80. The molecule has 0 spiro atoms. The number of sulfonamides is 1. The number of aliphatic hydroxyl groups excluding tert-OH is 1. The van der Waals surface area contributed by atoms with Gasteiger partial charge >= 0.3 is 0 Å². The maximum absolute atomic E-state index is 11.9. The number of thiazole rings is 1. The first-order valence-electron chi connectivity index (χ1n) is 11.7. The first kappa shape index (κ1) is 25.2. The molecule has 0 radical (unpaired) electrons. The molecule has 190 valence electrons. The molecule has 37 heavy (non-hydrogen) atoms. The lowest BCUT2D eigenvalue weighted by molar-refractivity contribution is 0.194. The highest BCUT2D eigenvalue weighted by atomic mass is 32.2. The van der Waals surface area contributed by atoms with Gasteiger partial charge in [0.15, 0.2) is 0 Å². The van der Waals surface area contributed by atoms with E-state index in [2.05, 4.69) is 9.97 Å². The molecule has 0 fully saturated rings. The van der Waals surface area contributed by atoms with Gasteiger partial charge in [-0.25, -0.2) is 23.5 Å². The minimum absolute atomic E-state index is 0.117. The molecule has 0 saturated carbocycles. The SMILES string of the molecule is Cc1cc(-c2nc3c(C)cc(OCCc4ccccc4S(N)(=O)=O)cc3s2)c2ncc(C(C)O)nc2c1. The Bertz CT molecular complexity index is 1750. The number of rotatable bonds is 7. The normalized spacial score (nSPS) is 12.8. The van der Waals surface area contributed by atoms with E-state index in [0.717, 1.165) is 37.4 Å². The van der Waals surface area contributed by atoms with E-state index in [4.69, 9.17) is 14.9 Å². The Labute approximate surface area is 218 Å². The van der Waals surface area contributed by atoms with Crippen LogP contribution in [0.1, 0.15) is 35.4 Å². The van der Waals surface area contributed by atoms with Gasteiger partial charge in [0.25, 0.3) is 0 Å². The van der Waals surface area contributed by atoms with Gasteiger partial charge in [0.1, 0.15) is 10.8 Å². The summed E-state index contributed by atoms with van der Waals surface area (Å²) in [6.45, 7) is 5.95. The van der Waals surface area contributed by atoms with E-state index in [9.17, 15) is 13.5 Å². The lowest BCUT2D eigenvalue weighted by atomic mass is 10.1. The smallest absolute Gasteiger partial charge is 0.238 e. The highest BCUT2D eigenvalue weighted by molar-refractivity contribution is 7.89. The first-order chi connectivity index (χ1) is 17.6. The predicted molar refractivity (Wildman–Crippen MR) is 145 cm³/mol. The molecule has 10 heteroatoms. The number of fused-ring (bicyclic) bond motifs is 2. The number of benzene rings is 3. The molecule has 0 aliphatic carbocycles. The average molecular weight is 535 g/mol. The van der Waals surface area contributed by atoms with E-state index < -0.39 is 16.1 Å². The molecule has 0 bridgehead atoms. The van der Waals surface area contributed by atoms with Crippen molar-refractivity contribution in [3.8, 4) is 16.3 Å². The average Bonchev–Trinajstić information content (AvgIpc) is 3.27. The zero-order valence-corrected chi connectivity index (χ0v) is 22.2. The van der Waals surface area contributed by atoms with Gasteiger partial charge < -0.3 is 9.84 Å². The molecule has 0 amide bonds. The summed E-state index contributed by atoms with van der Waals surface area (Å²) in [6, 6.07) is 14.6. The van der Waals surface area contributed by atoms with Gasteiger partial charge in [-0.3, -0.25) is 4.98 Å². The Morgan fingerprint density at radius 1 is 1.08 bits per heavy atom. The molecule has 0 saturated heterocycles. The number of primary sulfonamides is 1. The van der Waals surface area contributed by atoms with Crippen LogP contribution in [0.15, 0.2) is 59.6 Å². The Morgan fingerprint density at radius 2 is 1.86 bits per heavy atom. The van der Waals surface area contributed by atoms with Crippen molar-refractivity contribution in [1.29, 1.82) is 0 Å². The van der Waals surface area contributed by atoms with Crippen LogP contribution in [-0.2, 0) is 16.4 Å². The van der Waals surface area contributed by atoms with E-state index in [1.54, 1.807) is 42.7 Å². The van der Waals surface area contributed by atoms with Crippen molar-refractivity contribution in [2.24, 2.45) is 5.14 Å². The molecule has 5 aromatic rings. The van der Waals surface area contributed by atoms with Crippen LogP contribution in [0, 0.1) is 13.8 Å². The van der Waals surface area contributed by atoms with Crippen LogP contribution in [0.4, 0.5) is 0 Å². The number of aliphatic hydroxyl groups is 1. The summed E-state index contributed by atoms with van der Waals surface area (Å²) in [4.78, 5) is 14.2. The van der Waals surface area contributed by atoms with Crippen LogP contribution < -0.4 is 9.88 Å². The monoisotopic (exact) mass is 534 g/mol. The summed E-state index contributed by atoms with van der Waals surface area (Å²) in [5.41, 5.74) is 6.37. The summed E-state index contributed by atoms with van der Waals surface area (Å²) >= 11 is 1.54. The second-order valence-electron chi connectivity index (χ2n) is 9.01. The number of hydrogen-bond donors (Lipinski definition) is 2. The Balaban J connectivity index is 1.44. The third-order valence-electron chi connectivity index (χ3n) is 6.05. The number of aromatic nitrogens is 3. The van der Waals surface area contributed by atoms with E-state index >= 15 is 0 Å². The molecular weight excluding hydrogens is 508 g/mol. The first-order valence-corrected chi connectivity index (χ1v) is 14.1. The minimum Gasteiger partial charge on any atom is -0.493 e. The molecule has 3 N–H and O–H groups in total. The third kappa shape index (κ3) is 5.19. The van der Waals surface area contributed by atoms with Gasteiger partial charge in [-0.1, -0.05) is 18.2 Å².